The number of rotatable bonds is 22. The number of allylic oxidation sites excluding steroid dienone is 1. The average molecular weight is 1010 g/mol. The highest BCUT2D eigenvalue weighted by molar-refractivity contribution is 7.43. The number of amides is 2. The van der Waals surface area contributed by atoms with Crippen molar-refractivity contribution in [3.63, 3.8) is 0 Å². The van der Waals surface area contributed by atoms with E-state index in [1.165, 1.54) is 56.9 Å². The molecule has 0 spiro atoms. The van der Waals surface area contributed by atoms with E-state index in [0.717, 1.165) is 84.3 Å². The number of likely N-dealkylation sites (tertiary alicyclic amines) is 1. The SMILES string of the molecule is COc1ccc(C(OCc2ccccc2)(c2ccc(OC)cc2)C2CN(C(=O)CCCCCNC(=O)OC3CCC4(C)C(=CCC5C4CCC4(C)C(C(C)CCCC(C)C)CCC54)C3)CC2OP(N)O)cc1. The molecule has 4 fully saturated rings. The third-order valence-electron chi connectivity index (χ3n) is 18.6. The van der Waals surface area contributed by atoms with Crippen LogP contribution >= 0.6 is 8.53 Å². The Balaban J connectivity index is 0.838. The van der Waals surface area contributed by atoms with Crippen molar-refractivity contribution in [2.45, 2.75) is 155 Å². The molecule has 2 amide bonds. The predicted molar refractivity (Wildman–Crippen MR) is 286 cm³/mol. The van der Waals surface area contributed by atoms with E-state index in [1.807, 2.05) is 83.8 Å². The number of alkyl carbamates (subject to hydrolysis) is 1. The molecule has 4 N–H and O–H groups in total. The van der Waals surface area contributed by atoms with E-state index < -0.39 is 26.1 Å². The Bertz CT molecular complexity index is 2210. The van der Waals surface area contributed by atoms with Crippen LogP contribution in [-0.4, -0.2) is 67.9 Å². The highest BCUT2D eigenvalue weighted by Gasteiger charge is 2.59. The summed E-state index contributed by atoms with van der Waals surface area (Å²) in [5, 5.41) is 3.02. The number of benzene rings is 3. The Kier molecular flexibility index (Phi) is 18.2. The fraction of sp³-hybridized carbons (Fsp3) is 0.633. The quantitative estimate of drug-likeness (QED) is 0.0509. The van der Waals surface area contributed by atoms with Gasteiger partial charge in [-0.2, -0.15) is 0 Å². The summed E-state index contributed by atoms with van der Waals surface area (Å²) in [6.45, 7) is 13.8. The summed E-state index contributed by atoms with van der Waals surface area (Å²) in [5.74, 6) is 5.75. The van der Waals surface area contributed by atoms with Gasteiger partial charge < -0.3 is 38.6 Å². The summed E-state index contributed by atoms with van der Waals surface area (Å²) in [6, 6.07) is 25.5. The molecule has 3 aromatic rings. The number of hydrogen-bond donors (Lipinski definition) is 3. The van der Waals surface area contributed by atoms with E-state index in [0.29, 0.717) is 42.8 Å². The molecule has 1 saturated heterocycles. The van der Waals surface area contributed by atoms with Crippen molar-refractivity contribution >= 4 is 20.5 Å². The first-order chi connectivity index (χ1) is 34.7. The minimum absolute atomic E-state index is 0.0105. The fourth-order valence-electron chi connectivity index (χ4n) is 14.8. The Labute approximate surface area is 432 Å². The maximum Gasteiger partial charge on any atom is 0.407 e. The standard InChI is InChI=1S/C60H86N3O8P/c1-41(2)15-14-16-42(3)51-30-31-52-50-29-24-46-37-49(32-34-58(46,4)53(50)33-35-59(51,52)5)70-57(65)62-36-13-9-12-19-56(64)63-38-54(55(39-63)71-72(61)66)60(44-20-25-47(67-6)26-21-44,45-22-27-48(68-7)28-23-45)69-40-43-17-10-8-11-18-43/h8,10-11,17-18,20-28,41-42,49-55,66H,9,12-16,19,29-40,61H2,1-7H3,(H,62,65). The van der Waals surface area contributed by atoms with Crippen molar-refractivity contribution in [1.82, 2.24) is 10.2 Å². The van der Waals surface area contributed by atoms with Crippen molar-refractivity contribution in [2.75, 3.05) is 33.9 Å². The lowest BCUT2D eigenvalue weighted by atomic mass is 9.47. The van der Waals surface area contributed by atoms with Gasteiger partial charge in [0.2, 0.25) is 14.4 Å². The molecule has 0 aromatic heterocycles. The van der Waals surface area contributed by atoms with Crippen LogP contribution in [0.1, 0.15) is 148 Å². The largest absolute Gasteiger partial charge is 0.497 e. The summed E-state index contributed by atoms with van der Waals surface area (Å²) < 4.78 is 30.5. The monoisotopic (exact) mass is 1010 g/mol. The molecule has 1 aliphatic heterocycles. The number of carbonyl (C=O) groups is 2. The van der Waals surface area contributed by atoms with Gasteiger partial charge in [-0.15, -0.1) is 0 Å². The zero-order valence-electron chi connectivity index (χ0n) is 44.5. The number of nitrogens with zero attached hydrogens (tertiary/aromatic N) is 1. The van der Waals surface area contributed by atoms with E-state index in [4.69, 9.17) is 29.0 Å². The highest BCUT2D eigenvalue weighted by atomic mass is 31.2. The van der Waals surface area contributed by atoms with Gasteiger partial charge in [0.05, 0.1) is 26.9 Å². The molecule has 3 saturated carbocycles. The molecule has 0 bridgehead atoms. The van der Waals surface area contributed by atoms with Gasteiger partial charge in [-0.05, 0) is 145 Å². The maximum atomic E-state index is 14.1. The molecule has 4 aliphatic carbocycles. The van der Waals surface area contributed by atoms with Crippen LogP contribution in [0.15, 0.2) is 90.5 Å². The van der Waals surface area contributed by atoms with Crippen LogP contribution in [-0.2, 0) is 31.0 Å². The second-order valence-corrected chi connectivity index (χ2v) is 23.9. The number of methoxy groups -OCH3 is 2. The van der Waals surface area contributed by atoms with Gasteiger partial charge in [-0.25, -0.2) is 4.79 Å². The second-order valence-electron chi connectivity index (χ2n) is 23.1. The minimum atomic E-state index is -2.26. The topological polar surface area (TPSA) is 142 Å². The van der Waals surface area contributed by atoms with Crippen LogP contribution in [0.2, 0.25) is 0 Å². The number of unbranched alkanes of at least 4 members (excludes halogenated alkanes) is 2. The van der Waals surface area contributed by atoms with E-state index in [2.05, 4.69) is 46.0 Å². The zero-order chi connectivity index (χ0) is 51.0. The Morgan fingerprint density at radius 2 is 1.53 bits per heavy atom. The van der Waals surface area contributed by atoms with Crippen LogP contribution in [0, 0.1) is 52.3 Å². The lowest BCUT2D eigenvalue weighted by Crippen LogP contribution is -2.51. The van der Waals surface area contributed by atoms with Crippen molar-refractivity contribution < 1.29 is 38.0 Å². The molecule has 394 valence electrons. The molecular formula is C60H86N3O8P. The molecule has 11 atom stereocenters. The van der Waals surface area contributed by atoms with Gasteiger partial charge in [-0.3, -0.25) is 10.3 Å². The van der Waals surface area contributed by atoms with Crippen LogP contribution in [0.25, 0.3) is 0 Å². The minimum Gasteiger partial charge on any atom is -0.497 e. The number of fused-ring (bicyclic) bond motifs is 5. The predicted octanol–water partition coefficient (Wildman–Crippen LogP) is 12.9. The third-order valence-corrected chi connectivity index (χ3v) is 19.1. The van der Waals surface area contributed by atoms with Crippen molar-refractivity contribution in [1.29, 1.82) is 0 Å². The smallest absolute Gasteiger partial charge is 0.407 e. The molecule has 0 radical (unpaired) electrons. The van der Waals surface area contributed by atoms with Crippen LogP contribution in [0.5, 0.6) is 11.5 Å². The molecule has 11 nitrogen and oxygen atoms in total. The van der Waals surface area contributed by atoms with Gasteiger partial charge in [0.1, 0.15) is 23.2 Å². The van der Waals surface area contributed by atoms with Gasteiger partial charge in [0, 0.05) is 38.4 Å². The number of nitrogens with one attached hydrogen (secondary N) is 1. The Morgan fingerprint density at radius 3 is 2.18 bits per heavy atom. The molecular weight excluding hydrogens is 922 g/mol. The van der Waals surface area contributed by atoms with Crippen LogP contribution in [0.4, 0.5) is 4.79 Å². The molecule has 72 heavy (non-hydrogen) atoms. The summed E-state index contributed by atoms with van der Waals surface area (Å²) in [7, 11) is 1.01. The normalized spacial score (nSPS) is 28.8. The molecule has 3 aromatic carbocycles. The Morgan fingerprint density at radius 1 is 0.833 bits per heavy atom. The number of carbonyl (C=O) groups excluding carboxylic acids is 2. The first-order valence-corrected chi connectivity index (χ1v) is 28.8. The summed E-state index contributed by atoms with van der Waals surface area (Å²) in [5.41, 5.74) is 9.74. The molecule has 8 rings (SSSR count). The summed E-state index contributed by atoms with van der Waals surface area (Å²) in [4.78, 5) is 39.6. The zero-order valence-corrected chi connectivity index (χ0v) is 45.4. The van der Waals surface area contributed by atoms with E-state index in [9.17, 15) is 14.5 Å². The van der Waals surface area contributed by atoms with Crippen molar-refractivity contribution in [2.24, 2.45) is 57.8 Å². The van der Waals surface area contributed by atoms with Gasteiger partial charge in [-0.1, -0.05) is 127 Å². The average Bonchev–Trinajstić information content (AvgIpc) is 3.96. The number of nitrogens with two attached hydrogens (primary N) is 1. The first kappa shape index (κ1) is 54.3. The number of hydrogen-bond acceptors (Lipinski definition) is 9. The lowest BCUT2D eigenvalue weighted by Gasteiger charge is -2.58. The van der Waals surface area contributed by atoms with E-state index >= 15 is 0 Å². The van der Waals surface area contributed by atoms with Crippen LogP contribution < -0.4 is 20.3 Å². The lowest BCUT2D eigenvalue weighted by molar-refractivity contribution is -0.131. The van der Waals surface area contributed by atoms with Gasteiger partial charge in [0.15, 0.2) is 0 Å². The first-order valence-electron chi connectivity index (χ1n) is 27.5. The molecule has 11 unspecified atom stereocenters. The third kappa shape index (κ3) is 11.9. The van der Waals surface area contributed by atoms with Gasteiger partial charge in [0.25, 0.3) is 0 Å². The summed E-state index contributed by atoms with van der Waals surface area (Å²) >= 11 is 0. The molecule has 5 aliphatic rings. The van der Waals surface area contributed by atoms with E-state index in [-0.39, 0.29) is 36.7 Å². The molecule has 1 heterocycles. The maximum absolute atomic E-state index is 14.1. The fourth-order valence-corrected chi connectivity index (χ4v) is 15.3. The van der Waals surface area contributed by atoms with Crippen molar-refractivity contribution in [3.05, 3.63) is 107 Å². The highest BCUT2D eigenvalue weighted by Crippen LogP contribution is 2.67. The van der Waals surface area contributed by atoms with Crippen molar-refractivity contribution in [3.8, 4) is 11.5 Å². The number of ether oxygens (including phenoxy) is 4. The Hall–Kier alpha value is -3.99. The van der Waals surface area contributed by atoms with Crippen LogP contribution in [0.3, 0.4) is 0 Å². The van der Waals surface area contributed by atoms with Gasteiger partial charge >= 0.3 is 6.09 Å². The summed E-state index contributed by atoms with van der Waals surface area (Å²) in [6.07, 6.45) is 17.7. The molecule has 12 heteroatoms. The second kappa shape index (κ2) is 24.1. The van der Waals surface area contributed by atoms with E-state index in [1.54, 1.807) is 14.2 Å².